The minimum Gasteiger partial charge on any atom is -0.383 e. The van der Waals surface area contributed by atoms with Gasteiger partial charge in [-0.15, -0.1) is 6.42 Å². The number of imidazole rings is 1. The van der Waals surface area contributed by atoms with E-state index < -0.39 is 17.6 Å². The highest BCUT2D eigenvalue weighted by molar-refractivity contribution is 6.00. The van der Waals surface area contributed by atoms with Crippen LogP contribution in [0.5, 0.6) is 0 Å². The summed E-state index contributed by atoms with van der Waals surface area (Å²) in [6, 6.07) is 2.83. The van der Waals surface area contributed by atoms with Crippen LogP contribution in [0, 0.1) is 30.0 Å². The number of aromatic nitrogens is 4. The first-order valence-electron chi connectivity index (χ1n) is 11.9. The molecule has 0 spiro atoms. The van der Waals surface area contributed by atoms with Crippen molar-refractivity contribution in [3.63, 3.8) is 0 Å². The van der Waals surface area contributed by atoms with E-state index in [1.807, 2.05) is 4.57 Å². The molecule has 3 N–H and O–H groups in total. The first-order valence-corrected chi connectivity index (χ1v) is 11.9. The zero-order valence-electron chi connectivity index (χ0n) is 20.5. The lowest BCUT2D eigenvalue weighted by Gasteiger charge is -2.21. The molecule has 2 aromatic heterocycles. The summed E-state index contributed by atoms with van der Waals surface area (Å²) in [5, 5.41) is 7.52. The van der Waals surface area contributed by atoms with Gasteiger partial charge in [-0.3, -0.25) is 9.59 Å². The van der Waals surface area contributed by atoms with Gasteiger partial charge in [0.25, 0.3) is 11.8 Å². The highest BCUT2D eigenvalue weighted by atomic mass is 19.1. The number of hydrogen-bond donors (Lipinski definition) is 2. The molecule has 2 aliphatic rings. The molecule has 3 aromatic rings. The fraction of sp³-hybridized carbons (Fsp3) is 0.385. The maximum atomic E-state index is 14.9. The second kappa shape index (κ2) is 9.60. The van der Waals surface area contributed by atoms with E-state index in [9.17, 15) is 14.0 Å². The van der Waals surface area contributed by atoms with Crippen LogP contribution >= 0.6 is 0 Å². The molecule has 1 aromatic carbocycles. The smallest absolute Gasteiger partial charge is 0.298 e. The van der Waals surface area contributed by atoms with E-state index in [0.717, 1.165) is 18.4 Å². The molecule has 1 saturated carbocycles. The molecule has 0 bridgehead atoms. The lowest BCUT2D eigenvalue weighted by molar-refractivity contribution is -0.126. The molecule has 37 heavy (non-hydrogen) atoms. The Morgan fingerprint density at radius 3 is 2.73 bits per heavy atom. The van der Waals surface area contributed by atoms with Crippen LogP contribution in [0.25, 0.3) is 11.0 Å². The summed E-state index contributed by atoms with van der Waals surface area (Å²) in [6.07, 6.45) is 9.68. The third kappa shape index (κ3) is 4.39. The van der Waals surface area contributed by atoms with Crippen LogP contribution in [0.1, 0.15) is 53.0 Å². The molecule has 1 aliphatic heterocycles. The van der Waals surface area contributed by atoms with Crippen molar-refractivity contribution < 1.29 is 18.7 Å². The largest absolute Gasteiger partial charge is 0.383 e. The molecular weight excluding hydrogens is 477 g/mol. The quantitative estimate of drug-likeness (QED) is 0.494. The number of amides is 2. The highest BCUT2D eigenvalue weighted by Gasteiger charge is 2.38. The van der Waals surface area contributed by atoms with E-state index in [4.69, 9.17) is 16.9 Å². The van der Waals surface area contributed by atoms with Crippen LogP contribution in [0.3, 0.4) is 0 Å². The fourth-order valence-electron chi connectivity index (χ4n) is 4.92. The van der Waals surface area contributed by atoms with Gasteiger partial charge in [-0.1, -0.05) is 5.92 Å². The number of ether oxygens (including phenoxy) is 1. The number of halogens is 1. The lowest BCUT2D eigenvalue weighted by Crippen LogP contribution is -2.37. The fourth-order valence-corrected chi connectivity index (χ4v) is 4.92. The van der Waals surface area contributed by atoms with Crippen molar-refractivity contribution in [1.29, 1.82) is 0 Å². The molecule has 1 aliphatic carbocycles. The van der Waals surface area contributed by atoms with E-state index in [0.29, 0.717) is 30.4 Å². The van der Waals surface area contributed by atoms with Crippen molar-refractivity contribution in [2.24, 2.45) is 5.73 Å². The van der Waals surface area contributed by atoms with Crippen molar-refractivity contribution in [3.8, 4) is 24.2 Å². The zero-order chi connectivity index (χ0) is 26.3. The normalized spacial score (nSPS) is 18.9. The zero-order valence-corrected chi connectivity index (χ0v) is 20.5. The van der Waals surface area contributed by atoms with Crippen LogP contribution in [0.4, 0.5) is 10.2 Å². The van der Waals surface area contributed by atoms with Gasteiger partial charge in [-0.2, -0.15) is 5.10 Å². The van der Waals surface area contributed by atoms with Gasteiger partial charge in [0.15, 0.2) is 5.69 Å². The van der Waals surface area contributed by atoms with Crippen molar-refractivity contribution in [2.75, 3.05) is 32.6 Å². The Bertz CT molecular complexity index is 1500. The Hall–Kier alpha value is -4.35. The number of hydrogen-bond acceptors (Lipinski definition) is 6. The van der Waals surface area contributed by atoms with Gasteiger partial charge in [0.05, 0.1) is 41.6 Å². The number of anilines is 1. The van der Waals surface area contributed by atoms with Crippen molar-refractivity contribution >= 4 is 28.7 Å². The number of carbonyl (C=O) groups excluding carboxylic acids is 2. The van der Waals surface area contributed by atoms with Gasteiger partial charge in [0, 0.05) is 32.8 Å². The van der Waals surface area contributed by atoms with Crippen molar-refractivity contribution in [1.82, 2.24) is 24.2 Å². The second-order valence-corrected chi connectivity index (χ2v) is 9.19. The first kappa shape index (κ1) is 24.3. The Morgan fingerprint density at radius 1 is 1.30 bits per heavy atom. The van der Waals surface area contributed by atoms with Crippen LogP contribution in [-0.4, -0.2) is 69.4 Å². The Balaban J connectivity index is 1.52. The van der Waals surface area contributed by atoms with Gasteiger partial charge in [-0.25, -0.2) is 14.1 Å². The first-order chi connectivity index (χ1) is 17.9. The van der Waals surface area contributed by atoms with E-state index in [1.165, 1.54) is 6.07 Å². The predicted molar refractivity (Wildman–Crippen MR) is 134 cm³/mol. The summed E-state index contributed by atoms with van der Waals surface area (Å²) < 4.78 is 23.8. The minimum absolute atomic E-state index is 0.0829. The lowest BCUT2D eigenvalue weighted by atomic mass is 10.1. The number of carbonyl (C=O) groups is 2. The number of nitrogens with one attached hydrogen (secondary N) is 1. The molecule has 1 saturated heterocycles. The number of nitrogens with two attached hydrogens (primary N) is 1. The number of terminal acetylenes is 1. The summed E-state index contributed by atoms with van der Waals surface area (Å²) in [7, 11) is 3.18. The van der Waals surface area contributed by atoms with Gasteiger partial charge >= 0.3 is 0 Å². The summed E-state index contributed by atoms with van der Waals surface area (Å²) >= 11 is 0. The Kier molecular flexibility index (Phi) is 6.32. The molecule has 3 heterocycles. The van der Waals surface area contributed by atoms with Crippen molar-refractivity contribution in [3.05, 3.63) is 41.1 Å². The molecule has 0 radical (unpaired) electrons. The number of primary amides is 1. The third-order valence-electron chi connectivity index (χ3n) is 6.79. The number of likely N-dealkylation sites (tertiary alicyclic amines) is 1. The molecule has 190 valence electrons. The molecule has 0 unspecified atom stereocenters. The summed E-state index contributed by atoms with van der Waals surface area (Å²) in [4.78, 5) is 30.6. The van der Waals surface area contributed by atoms with Gasteiger partial charge in [0.2, 0.25) is 0 Å². The number of benzene rings is 1. The minimum atomic E-state index is -0.734. The Morgan fingerprint density at radius 2 is 2.08 bits per heavy atom. The van der Waals surface area contributed by atoms with E-state index in [-0.39, 0.29) is 35.4 Å². The molecule has 2 atom stereocenters. The summed E-state index contributed by atoms with van der Waals surface area (Å²) in [5.41, 5.74) is 7.37. The van der Waals surface area contributed by atoms with Crippen LogP contribution in [0.15, 0.2) is 18.5 Å². The second-order valence-electron chi connectivity index (χ2n) is 9.19. The number of methoxy groups -OCH3 is 1. The highest BCUT2D eigenvalue weighted by Crippen LogP contribution is 2.37. The monoisotopic (exact) mass is 503 g/mol. The maximum absolute atomic E-state index is 14.9. The number of rotatable bonds is 6. The topological polar surface area (TPSA) is 120 Å². The number of fused-ring (bicyclic) bond motifs is 1. The summed E-state index contributed by atoms with van der Waals surface area (Å²) in [6.45, 7) is 0.571. The molecule has 11 heteroatoms. The van der Waals surface area contributed by atoms with E-state index in [1.54, 1.807) is 36.1 Å². The number of nitrogens with zero attached hydrogens (tertiary/aromatic N) is 5. The van der Waals surface area contributed by atoms with Crippen LogP contribution in [-0.2, 0) is 9.53 Å². The van der Waals surface area contributed by atoms with Gasteiger partial charge in [0.1, 0.15) is 17.2 Å². The molecule has 5 rings (SSSR count). The van der Waals surface area contributed by atoms with Gasteiger partial charge < -0.3 is 25.3 Å². The van der Waals surface area contributed by atoms with Crippen LogP contribution < -0.4 is 11.1 Å². The molecule has 10 nitrogen and oxygen atoms in total. The third-order valence-corrected chi connectivity index (χ3v) is 6.79. The molecular formula is C26H26FN7O3. The predicted octanol–water partition coefficient (Wildman–Crippen LogP) is 1.67. The maximum Gasteiger partial charge on any atom is 0.298 e. The van der Waals surface area contributed by atoms with Crippen molar-refractivity contribution in [2.45, 2.75) is 37.4 Å². The Labute approximate surface area is 212 Å². The molecule has 2 fully saturated rings. The average Bonchev–Trinajstić information content (AvgIpc) is 3.33. The standard InChI is InChI=1S/C26H26FN7O3/c1-4-23(35)32-12-17(10-18(32)13-37-3)34-26(29-2)24(25(28)36)20(31-34)8-5-15-9-21-22(11-19(15)27)33(14-30-21)16-6-7-16/h1,9,11,14,16-18,29H,6-7,10,12-13H2,2-3H3,(H2,28,36)/t17-,18+/m0/s1. The molecule has 2 amide bonds. The summed E-state index contributed by atoms with van der Waals surface area (Å²) in [5.74, 6) is 6.44. The SMILES string of the molecule is C#CC(=O)N1C[C@@H](n2nc(C#Cc3cc4ncn(C5CC5)c4cc3F)c(C(N)=O)c2NC)C[C@@H]1COC. The van der Waals surface area contributed by atoms with E-state index >= 15 is 0 Å². The van der Waals surface area contributed by atoms with Gasteiger partial charge in [-0.05, 0) is 37.2 Å². The average molecular weight is 504 g/mol. The van der Waals surface area contributed by atoms with E-state index in [2.05, 4.69) is 33.2 Å². The van der Waals surface area contributed by atoms with Crippen LogP contribution in [0.2, 0.25) is 0 Å².